The summed E-state index contributed by atoms with van der Waals surface area (Å²) < 4.78 is 0. The number of nitrogens with two attached hydrogens (primary N) is 2. The highest BCUT2D eigenvalue weighted by atomic mass is 16.7. The Balaban J connectivity index is 0. The molecule has 0 aromatic heterocycles. The third-order valence-corrected chi connectivity index (χ3v) is 2.06. The number of aliphatic carboxylic acids is 2. The minimum atomic E-state index is -0.870. The number of carbonyl (C=O) groups excluding carboxylic acids is 2. The summed E-state index contributed by atoms with van der Waals surface area (Å²) in [6.45, 7) is 0. The molecule has 0 aromatic rings. The number of hydrogen-bond acceptors (Lipinski definition) is 8. The fourth-order valence-corrected chi connectivity index (χ4v) is 1.05. The molecule has 122 valence electrons. The first-order valence-electron chi connectivity index (χ1n) is 6.06. The average Bonchev–Trinajstić information content (AvgIpc) is 2.43. The summed E-state index contributed by atoms with van der Waals surface area (Å²) in [6.07, 6.45) is 1.52. The molecule has 0 fully saturated rings. The number of carboxylic acid groups (broad SMARTS) is 2. The summed E-state index contributed by atoms with van der Waals surface area (Å²) in [7, 11) is 0. The summed E-state index contributed by atoms with van der Waals surface area (Å²) in [5.41, 5.74) is 0. The van der Waals surface area contributed by atoms with Crippen LogP contribution in [-0.4, -0.2) is 34.1 Å². The van der Waals surface area contributed by atoms with E-state index >= 15 is 0 Å². The molecule has 10 nitrogen and oxygen atoms in total. The van der Waals surface area contributed by atoms with Crippen molar-refractivity contribution in [3.63, 3.8) is 0 Å². The summed E-state index contributed by atoms with van der Waals surface area (Å²) in [6, 6.07) is 0. The van der Waals surface area contributed by atoms with Gasteiger partial charge in [-0.05, 0) is 19.3 Å². The zero-order chi connectivity index (χ0) is 16.7. The van der Waals surface area contributed by atoms with Crippen molar-refractivity contribution in [2.24, 2.45) is 11.8 Å². The Morgan fingerprint density at radius 3 is 1.24 bits per heavy atom. The minimum Gasteiger partial charge on any atom is -0.481 e. The molecule has 0 aliphatic heterocycles. The SMILES string of the molecule is NOC(=O)CCCC(=O)ON.O=C(O)CCCCC(=O)O. The summed E-state index contributed by atoms with van der Waals surface area (Å²) in [5, 5.41) is 16.3. The Hall–Kier alpha value is -2.20. The first-order chi connectivity index (χ1) is 9.83. The number of hydrogen-bond donors (Lipinski definition) is 4. The van der Waals surface area contributed by atoms with Crippen molar-refractivity contribution in [2.45, 2.75) is 44.9 Å². The first kappa shape index (κ1) is 21.1. The minimum absolute atomic E-state index is 0.0628. The standard InChI is InChI=1S/C6H10O4.C5H10N2O4/c7-5(8)3-1-2-4-6(9)10;6-10-4(8)2-1-3-5(9)11-7/h1-4H2,(H,7,8)(H,9,10);1-3,6-7H2. The maximum Gasteiger partial charge on any atom is 0.324 e. The number of unbranched alkanes of at least 4 members (excludes halogenated alkanes) is 1. The first-order valence-corrected chi connectivity index (χ1v) is 6.06. The van der Waals surface area contributed by atoms with Gasteiger partial charge in [-0.1, -0.05) is 0 Å². The molecular weight excluding hydrogens is 288 g/mol. The van der Waals surface area contributed by atoms with Gasteiger partial charge >= 0.3 is 23.9 Å². The lowest BCUT2D eigenvalue weighted by molar-refractivity contribution is -0.146. The molecule has 0 radical (unpaired) electrons. The fourth-order valence-electron chi connectivity index (χ4n) is 1.05. The van der Waals surface area contributed by atoms with E-state index in [4.69, 9.17) is 10.2 Å². The Morgan fingerprint density at radius 2 is 1.00 bits per heavy atom. The molecule has 21 heavy (non-hydrogen) atoms. The van der Waals surface area contributed by atoms with E-state index in [1.807, 2.05) is 0 Å². The lowest BCUT2D eigenvalue weighted by Crippen LogP contribution is -2.12. The summed E-state index contributed by atoms with van der Waals surface area (Å²) in [4.78, 5) is 48.2. The van der Waals surface area contributed by atoms with Crippen molar-refractivity contribution in [3.05, 3.63) is 0 Å². The number of carboxylic acids is 2. The Kier molecular flexibility index (Phi) is 14.3. The van der Waals surface area contributed by atoms with Crippen molar-refractivity contribution in [1.82, 2.24) is 0 Å². The predicted molar refractivity (Wildman–Crippen MR) is 68.1 cm³/mol. The third kappa shape index (κ3) is 20.3. The van der Waals surface area contributed by atoms with Crippen LogP contribution in [0.15, 0.2) is 0 Å². The molecule has 0 unspecified atom stereocenters. The second-order valence-corrected chi connectivity index (χ2v) is 3.83. The number of carbonyl (C=O) groups is 4. The van der Waals surface area contributed by atoms with E-state index in [-0.39, 0.29) is 25.7 Å². The van der Waals surface area contributed by atoms with E-state index in [1.54, 1.807) is 0 Å². The largest absolute Gasteiger partial charge is 0.481 e. The predicted octanol–water partition coefficient (Wildman–Crippen LogP) is -0.293. The molecule has 0 aromatic carbocycles. The highest BCUT2D eigenvalue weighted by Crippen LogP contribution is 1.98. The topological polar surface area (TPSA) is 179 Å². The van der Waals surface area contributed by atoms with Gasteiger partial charge in [-0.2, -0.15) is 11.8 Å². The smallest absolute Gasteiger partial charge is 0.324 e. The fraction of sp³-hybridized carbons (Fsp3) is 0.636. The normalized spacial score (nSPS) is 9.05. The van der Waals surface area contributed by atoms with Crippen LogP contribution in [0.25, 0.3) is 0 Å². The van der Waals surface area contributed by atoms with Gasteiger partial charge in [0.25, 0.3) is 0 Å². The van der Waals surface area contributed by atoms with E-state index in [9.17, 15) is 19.2 Å². The summed E-state index contributed by atoms with van der Waals surface area (Å²) >= 11 is 0. The number of rotatable bonds is 9. The van der Waals surface area contributed by atoms with Gasteiger partial charge in [0.1, 0.15) is 0 Å². The van der Waals surface area contributed by atoms with Gasteiger partial charge in [0, 0.05) is 25.7 Å². The molecule has 0 aliphatic carbocycles. The average molecular weight is 308 g/mol. The Morgan fingerprint density at radius 1 is 0.667 bits per heavy atom. The zero-order valence-corrected chi connectivity index (χ0v) is 11.4. The molecule has 0 rings (SSSR count). The van der Waals surface area contributed by atoms with Crippen LogP contribution >= 0.6 is 0 Å². The Labute approximate surface area is 120 Å². The van der Waals surface area contributed by atoms with E-state index in [1.165, 1.54) is 0 Å². The quantitative estimate of drug-likeness (QED) is 0.326. The molecule has 0 saturated carbocycles. The van der Waals surface area contributed by atoms with Crippen molar-refractivity contribution in [3.8, 4) is 0 Å². The van der Waals surface area contributed by atoms with Gasteiger partial charge in [0.05, 0.1) is 0 Å². The third-order valence-electron chi connectivity index (χ3n) is 2.06. The molecule has 0 spiro atoms. The molecule has 0 heterocycles. The van der Waals surface area contributed by atoms with Crippen LogP contribution in [0.4, 0.5) is 0 Å². The lowest BCUT2D eigenvalue weighted by Gasteiger charge is -1.96. The van der Waals surface area contributed by atoms with E-state index in [0.717, 1.165) is 0 Å². The van der Waals surface area contributed by atoms with Gasteiger partial charge in [-0.25, -0.2) is 0 Å². The maximum absolute atomic E-state index is 10.4. The summed E-state index contributed by atoms with van der Waals surface area (Å²) in [5.74, 6) is 6.20. The maximum atomic E-state index is 10.4. The van der Waals surface area contributed by atoms with Crippen LogP contribution in [0.5, 0.6) is 0 Å². The van der Waals surface area contributed by atoms with Crippen molar-refractivity contribution in [1.29, 1.82) is 0 Å². The molecule has 0 aliphatic rings. The molecule has 0 atom stereocenters. The second kappa shape index (κ2) is 14.2. The Bertz CT molecular complexity index is 313. The molecule has 10 heteroatoms. The van der Waals surface area contributed by atoms with Crippen LogP contribution in [0, 0.1) is 0 Å². The van der Waals surface area contributed by atoms with Crippen molar-refractivity contribution < 1.29 is 39.1 Å². The molecule has 0 amide bonds. The molecular formula is C11H20N2O8. The highest BCUT2D eigenvalue weighted by molar-refractivity contribution is 5.72. The molecule has 0 bridgehead atoms. The highest BCUT2D eigenvalue weighted by Gasteiger charge is 2.04. The second-order valence-electron chi connectivity index (χ2n) is 3.83. The van der Waals surface area contributed by atoms with Gasteiger partial charge in [-0.15, -0.1) is 0 Å². The van der Waals surface area contributed by atoms with Crippen molar-refractivity contribution in [2.75, 3.05) is 0 Å². The van der Waals surface area contributed by atoms with Crippen LogP contribution in [-0.2, 0) is 28.9 Å². The van der Waals surface area contributed by atoms with E-state index < -0.39 is 23.9 Å². The van der Waals surface area contributed by atoms with Crippen LogP contribution < -0.4 is 11.8 Å². The van der Waals surface area contributed by atoms with Crippen LogP contribution in [0.1, 0.15) is 44.9 Å². The van der Waals surface area contributed by atoms with Crippen LogP contribution in [0.2, 0.25) is 0 Å². The van der Waals surface area contributed by atoms with Gasteiger partial charge < -0.3 is 19.9 Å². The van der Waals surface area contributed by atoms with Gasteiger partial charge in [0.2, 0.25) is 0 Å². The molecule has 0 saturated heterocycles. The van der Waals surface area contributed by atoms with E-state index in [0.29, 0.717) is 19.3 Å². The lowest BCUT2D eigenvalue weighted by atomic mass is 10.2. The zero-order valence-electron chi connectivity index (χ0n) is 11.4. The van der Waals surface area contributed by atoms with Crippen molar-refractivity contribution >= 4 is 23.9 Å². The van der Waals surface area contributed by atoms with Gasteiger partial charge in [-0.3, -0.25) is 19.2 Å². The van der Waals surface area contributed by atoms with Crippen LogP contribution in [0.3, 0.4) is 0 Å². The monoisotopic (exact) mass is 308 g/mol. The van der Waals surface area contributed by atoms with E-state index in [2.05, 4.69) is 21.5 Å². The van der Waals surface area contributed by atoms with Gasteiger partial charge in [0.15, 0.2) is 0 Å². The molecule has 6 N–H and O–H groups in total.